The molecule has 1 aliphatic heterocycles. The number of hydrogen-bond donors (Lipinski definition) is 1. The van der Waals surface area contributed by atoms with Crippen LogP contribution in [0.5, 0.6) is 0 Å². The van der Waals surface area contributed by atoms with Gasteiger partial charge in [0, 0.05) is 18.0 Å². The molecule has 1 aromatic carbocycles. The SMILES string of the molecule is CSc1cc(C(=O)N2CCC(C(=O)O)C2)c(Cl)cc1Cl. The minimum Gasteiger partial charge on any atom is -0.481 e. The van der Waals surface area contributed by atoms with Crippen LogP contribution in [0.1, 0.15) is 16.8 Å². The first-order valence-electron chi connectivity index (χ1n) is 5.99. The van der Waals surface area contributed by atoms with Gasteiger partial charge < -0.3 is 10.0 Å². The molecule has 1 aliphatic rings. The second-order valence-corrected chi connectivity index (χ2v) is 6.20. The molecule has 0 bridgehead atoms. The summed E-state index contributed by atoms with van der Waals surface area (Å²) >= 11 is 13.5. The van der Waals surface area contributed by atoms with Gasteiger partial charge in [-0.15, -0.1) is 11.8 Å². The third-order valence-electron chi connectivity index (χ3n) is 3.30. The molecule has 0 saturated carbocycles. The van der Waals surface area contributed by atoms with Crippen LogP contribution in [0.25, 0.3) is 0 Å². The Labute approximate surface area is 131 Å². The molecule has 1 heterocycles. The van der Waals surface area contributed by atoms with Gasteiger partial charge in [-0.2, -0.15) is 0 Å². The summed E-state index contributed by atoms with van der Waals surface area (Å²) < 4.78 is 0. The summed E-state index contributed by atoms with van der Waals surface area (Å²) in [5.74, 6) is -1.61. The third-order valence-corrected chi connectivity index (χ3v) is 4.81. The van der Waals surface area contributed by atoms with E-state index in [-0.39, 0.29) is 17.5 Å². The van der Waals surface area contributed by atoms with Gasteiger partial charge in [0.05, 0.1) is 21.5 Å². The Morgan fingerprint density at radius 1 is 1.35 bits per heavy atom. The number of amides is 1. The van der Waals surface area contributed by atoms with Crippen LogP contribution >= 0.6 is 35.0 Å². The smallest absolute Gasteiger partial charge is 0.308 e. The number of hydrogen-bond acceptors (Lipinski definition) is 3. The van der Waals surface area contributed by atoms with E-state index in [4.69, 9.17) is 28.3 Å². The van der Waals surface area contributed by atoms with Crippen LogP contribution in [-0.2, 0) is 4.79 Å². The number of carboxylic acids is 1. The molecule has 7 heteroatoms. The predicted molar refractivity (Wildman–Crippen MR) is 79.9 cm³/mol. The molecular weight excluding hydrogens is 321 g/mol. The predicted octanol–water partition coefficient (Wildman–Crippen LogP) is 3.26. The summed E-state index contributed by atoms with van der Waals surface area (Å²) in [6.45, 7) is 0.658. The first kappa shape index (κ1) is 15.5. The highest BCUT2D eigenvalue weighted by molar-refractivity contribution is 7.98. The number of likely N-dealkylation sites (tertiary alicyclic amines) is 1. The molecule has 0 radical (unpaired) electrons. The second-order valence-electron chi connectivity index (χ2n) is 4.54. The molecule has 0 spiro atoms. The van der Waals surface area contributed by atoms with E-state index in [0.717, 1.165) is 4.90 Å². The topological polar surface area (TPSA) is 57.6 Å². The minimum atomic E-state index is -0.868. The largest absolute Gasteiger partial charge is 0.481 e. The van der Waals surface area contributed by atoms with Crippen LogP contribution in [-0.4, -0.2) is 41.2 Å². The van der Waals surface area contributed by atoms with Gasteiger partial charge in [0.25, 0.3) is 5.91 Å². The van der Waals surface area contributed by atoms with Gasteiger partial charge >= 0.3 is 5.97 Å². The fourth-order valence-corrected chi connectivity index (χ4v) is 3.35. The molecule has 4 nitrogen and oxygen atoms in total. The van der Waals surface area contributed by atoms with Crippen molar-refractivity contribution < 1.29 is 14.7 Å². The number of rotatable bonds is 3. The Balaban J connectivity index is 2.24. The van der Waals surface area contributed by atoms with Gasteiger partial charge in [-0.25, -0.2) is 0 Å². The zero-order valence-corrected chi connectivity index (χ0v) is 13.1. The second kappa shape index (κ2) is 6.24. The third kappa shape index (κ3) is 3.05. The Morgan fingerprint density at radius 3 is 2.60 bits per heavy atom. The van der Waals surface area contributed by atoms with E-state index in [1.54, 1.807) is 12.1 Å². The van der Waals surface area contributed by atoms with Gasteiger partial charge in [-0.1, -0.05) is 23.2 Å². The fourth-order valence-electron chi connectivity index (χ4n) is 2.17. The van der Waals surface area contributed by atoms with Crippen molar-refractivity contribution >= 4 is 46.8 Å². The summed E-state index contributed by atoms with van der Waals surface area (Å²) in [4.78, 5) is 25.6. The number of nitrogens with zero attached hydrogens (tertiary/aromatic N) is 1. The fraction of sp³-hybridized carbons (Fsp3) is 0.385. The van der Waals surface area contributed by atoms with Crippen molar-refractivity contribution in [2.45, 2.75) is 11.3 Å². The maximum absolute atomic E-state index is 12.4. The number of halogens is 2. The number of benzene rings is 1. The van der Waals surface area contributed by atoms with E-state index in [1.807, 2.05) is 6.26 Å². The standard InChI is InChI=1S/C13H13Cl2NO3S/c1-20-11-4-8(9(14)5-10(11)15)12(17)16-3-2-7(6-16)13(18)19/h4-5,7H,2-3,6H2,1H3,(H,18,19). The molecule has 0 aliphatic carbocycles. The number of carboxylic acid groups (broad SMARTS) is 1. The lowest BCUT2D eigenvalue weighted by atomic mass is 10.1. The van der Waals surface area contributed by atoms with Crippen molar-refractivity contribution in [3.8, 4) is 0 Å². The maximum Gasteiger partial charge on any atom is 0.308 e. The van der Waals surface area contributed by atoms with Gasteiger partial charge in [0.15, 0.2) is 0 Å². The molecule has 1 saturated heterocycles. The van der Waals surface area contributed by atoms with E-state index in [9.17, 15) is 9.59 Å². The molecule has 1 N–H and O–H groups in total. The molecule has 1 aromatic rings. The first-order valence-corrected chi connectivity index (χ1v) is 7.97. The summed E-state index contributed by atoms with van der Waals surface area (Å²) in [6, 6.07) is 3.21. The molecule has 20 heavy (non-hydrogen) atoms. The van der Waals surface area contributed by atoms with Crippen LogP contribution in [0.15, 0.2) is 17.0 Å². The summed E-state index contributed by atoms with van der Waals surface area (Å²) in [5.41, 5.74) is 0.367. The molecule has 2 rings (SSSR count). The Morgan fingerprint density at radius 2 is 2.05 bits per heavy atom. The van der Waals surface area contributed by atoms with Gasteiger partial charge in [-0.3, -0.25) is 9.59 Å². The highest BCUT2D eigenvalue weighted by Gasteiger charge is 2.32. The molecule has 1 fully saturated rings. The average molecular weight is 334 g/mol. The Bertz CT molecular complexity index is 565. The van der Waals surface area contributed by atoms with E-state index in [2.05, 4.69) is 0 Å². The molecule has 1 atom stereocenters. The molecule has 1 unspecified atom stereocenters. The normalized spacial score (nSPS) is 18.4. The van der Waals surface area contributed by atoms with E-state index >= 15 is 0 Å². The van der Waals surface area contributed by atoms with Crippen molar-refractivity contribution in [3.63, 3.8) is 0 Å². The number of thioether (sulfide) groups is 1. The molecular formula is C13H13Cl2NO3S. The van der Waals surface area contributed by atoms with Crippen LogP contribution < -0.4 is 0 Å². The lowest BCUT2D eigenvalue weighted by molar-refractivity contribution is -0.141. The molecule has 1 amide bonds. The van der Waals surface area contributed by atoms with Gasteiger partial charge in [-0.05, 0) is 24.8 Å². The number of carbonyl (C=O) groups is 2. The van der Waals surface area contributed by atoms with Crippen molar-refractivity contribution in [3.05, 3.63) is 27.7 Å². The first-order chi connectivity index (χ1) is 9.43. The van der Waals surface area contributed by atoms with Crippen LogP contribution in [0, 0.1) is 5.92 Å². The van der Waals surface area contributed by atoms with Crippen molar-refractivity contribution in [2.75, 3.05) is 19.3 Å². The maximum atomic E-state index is 12.4. The summed E-state index contributed by atoms with van der Waals surface area (Å²) in [7, 11) is 0. The number of aliphatic carboxylic acids is 1. The van der Waals surface area contributed by atoms with Crippen LogP contribution in [0.2, 0.25) is 10.0 Å². The van der Waals surface area contributed by atoms with Crippen molar-refractivity contribution in [1.82, 2.24) is 4.90 Å². The number of carbonyl (C=O) groups excluding carboxylic acids is 1. The summed E-state index contributed by atoms with van der Waals surface area (Å²) in [5, 5.41) is 9.76. The van der Waals surface area contributed by atoms with Gasteiger partial charge in [0.2, 0.25) is 0 Å². The Hall–Kier alpha value is -0.910. The minimum absolute atomic E-state index is 0.224. The lowest BCUT2D eigenvalue weighted by Gasteiger charge is -2.17. The average Bonchev–Trinajstić information content (AvgIpc) is 2.88. The molecule has 0 aromatic heterocycles. The van der Waals surface area contributed by atoms with Crippen LogP contribution in [0.3, 0.4) is 0 Å². The molecule has 108 valence electrons. The lowest BCUT2D eigenvalue weighted by Crippen LogP contribution is -2.30. The summed E-state index contributed by atoms with van der Waals surface area (Å²) in [6.07, 6.45) is 2.33. The monoisotopic (exact) mass is 333 g/mol. The quantitative estimate of drug-likeness (QED) is 0.862. The van der Waals surface area contributed by atoms with E-state index < -0.39 is 11.9 Å². The van der Waals surface area contributed by atoms with E-state index in [0.29, 0.717) is 23.6 Å². The van der Waals surface area contributed by atoms with Crippen LogP contribution in [0.4, 0.5) is 0 Å². The van der Waals surface area contributed by atoms with E-state index in [1.165, 1.54) is 16.7 Å². The van der Waals surface area contributed by atoms with Crippen molar-refractivity contribution in [2.24, 2.45) is 5.92 Å². The Kier molecular flexibility index (Phi) is 4.83. The zero-order chi connectivity index (χ0) is 14.9. The highest BCUT2D eigenvalue weighted by atomic mass is 35.5. The van der Waals surface area contributed by atoms with Crippen molar-refractivity contribution in [1.29, 1.82) is 0 Å². The highest BCUT2D eigenvalue weighted by Crippen LogP contribution is 2.32. The van der Waals surface area contributed by atoms with Gasteiger partial charge in [0.1, 0.15) is 0 Å². The zero-order valence-electron chi connectivity index (χ0n) is 10.7.